The normalized spacial score (nSPS) is 13.9. The van der Waals surface area contributed by atoms with Gasteiger partial charge >= 0.3 is 0 Å². The van der Waals surface area contributed by atoms with E-state index in [9.17, 15) is 5.11 Å². The number of likely N-dealkylation sites (N-methyl/N-ethyl adjacent to an activating group) is 1. The van der Waals surface area contributed by atoms with Crippen LogP contribution in [-0.4, -0.2) is 23.9 Å². The molecule has 0 saturated carbocycles. The van der Waals surface area contributed by atoms with Crippen molar-refractivity contribution < 1.29 is 5.11 Å². The van der Waals surface area contributed by atoms with E-state index in [2.05, 4.69) is 48.1 Å². The van der Waals surface area contributed by atoms with E-state index in [1.807, 2.05) is 29.5 Å². The van der Waals surface area contributed by atoms with Crippen LogP contribution in [0.1, 0.15) is 36.3 Å². The molecule has 23 heavy (non-hydrogen) atoms. The van der Waals surface area contributed by atoms with Crippen LogP contribution in [0.5, 0.6) is 0 Å². The van der Waals surface area contributed by atoms with Crippen LogP contribution in [0.15, 0.2) is 41.8 Å². The van der Waals surface area contributed by atoms with Crippen molar-refractivity contribution in [2.75, 3.05) is 6.54 Å². The minimum atomic E-state index is -0.403. The zero-order valence-corrected chi connectivity index (χ0v) is 14.9. The van der Waals surface area contributed by atoms with Crippen molar-refractivity contribution in [2.24, 2.45) is 0 Å². The summed E-state index contributed by atoms with van der Waals surface area (Å²) in [5, 5.41) is 19.5. The molecule has 3 N–H and O–H groups in total. The van der Waals surface area contributed by atoms with Gasteiger partial charge in [0.15, 0.2) is 0 Å². The van der Waals surface area contributed by atoms with E-state index in [4.69, 9.17) is 0 Å². The summed E-state index contributed by atoms with van der Waals surface area (Å²) in [5.74, 6) is 0. The maximum Gasteiger partial charge on any atom is 0.0842 e. The first-order valence-corrected chi connectivity index (χ1v) is 9.36. The first-order valence-electron chi connectivity index (χ1n) is 8.48. The van der Waals surface area contributed by atoms with E-state index in [0.29, 0.717) is 0 Å². The minimum Gasteiger partial charge on any atom is -0.390 e. The fraction of sp³-hybridized carbons (Fsp3) is 0.474. The van der Waals surface area contributed by atoms with Crippen molar-refractivity contribution in [3.05, 3.63) is 57.8 Å². The highest BCUT2D eigenvalue weighted by Gasteiger charge is 2.17. The molecule has 1 aromatic heterocycles. The molecule has 0 amide bonds. The molecule has 2 atom stereocenters. The Bertz CT molecular complexity index is 556. The van der Waals surface area contributed by atoms with Crippen LogP contribution >= 0.6 is 11.3 Å². The SMILES string of the molecule is CCNC(NCc1csc(CC)c1)[C@H](O)CCc1ccccc1. The van der Waals surface area contributed by atoms with Gasteiger partial charge in [0.05, 0.1) is 12.3 Å². The molecule has 4 heteroatoms. The maximum atomic E-state index is 10.5. The lowest BCUT2D eigenvalue weighted by Gasteiger charge is -2.25. The zero-order chi connectivity index (χ0) is 16.5. The molecule has 3 nitrogen and oxygen atoms in total. The summed E-state index contributed by atoms with van der Waals surface area (Å²) in [7, 11) is 0. The lowest BCUT2D eigenvalue weighted by molar-refractivity contribution is 0.102. The summed E-state index contributed by atoms with van der Waals surface area (Å²) in [6.07, 6.45) is 2.25. The van der Waals surface area contributed by atoms with Gasteiger partial charge in [-0.1, -0.05) is 44.2 Å². The molecule has 0 aliphatic carbocycles. The van der Waals surface area contributed by atoms with Crippen LogP contribution in [0.3, 0.4) is 0 Å². The second-order valence-electron chi connectivity index (χ2n) is 5.78. The Hall–Kier alpha value is -1.20. The van der Waals surface area contributed by atoms with Gasteiger partial charge < -0.3 is 10.4 Å². The highest BCUT2D eigenvalue weighted by Crippen LogP contribution is 2.15. The van der Waals surface area contributed by atoms with Crippen molar-refractivity contribution in [3.63, 3.8) is 0 Å². The smallest absolute Gasteiger partial charge is 0.0842 e. The van der Waals surface area contributed by atoms with Gasteiger partial charge in [0.25, 0.3) is 0 Å². The van der Waals surface area contributed by atoms with Gasteiger partial charge in [0, 0.05) is 11.4 Å². The number of hydrogen-bond acceptors (Lipinski definition) is 4. The molecular formula is C19H28N2OS. The highest BCUT2D eigenvalue weighted by atomic mass is 32.1. The van der Waals surface area contributed by atoms with Crippen LogP contribution in [0, 0.1) is 0 Å². The molecule has 0 spiro atoms. The third-order valence-corrected chi connectivity index (χ3v) is 5.09. The molecule has 0 saturated heterocycles. The molecule has 1 heterocycles. The fourth-order valence-corrected chi connectivity index (χ4v) is 3.46. The summed E-state index contributed by atoms with van der Waals surface area (Å²) >= 11 is 1.81. The van der Waals surface area contributed by atoms with Crippen LogP contribution in [-0.2, 0) is 19.4 Å². The number of aryl methyl sites for hydroxylation is 2. The van der Waals surface area contributed by atoms with Crippen LogP contribution in [0.2, 0.25) is 0 Å². The number of rotatable bonds is 10. The van der Waals surface area contributed by atoms with Crippen LogP contribution in [0.4, 0.5) is 0 Å². The van der Waals surface area contributed by atoms with Crippen molar-refractivity contribution in [1.82, 2.24) is 10.6 Å². The molecule has 126 valence electrons. The average molecular weight is 333 g/mol. The van der Waals surface area contributed by atoms with Crippen molar-refractivity contribution in [3.8, 4) is 0 Å². The molecular weight excluding hydrogens is 304 g/mol. The number of hydrogen-bond donors (Lipinski definition) is 3. The van der Waals surface area contributed by atoms with E-state index >= 15 is 0 Å². The summed E-state index contributed by atoms with van der Waals surface area (Å²) in [6, 6.07) is 12.6. The van der Waals surface area contributed by atoms with Crippen LogP contribution in [0.25, 0.3) is 0 Å². The first kappa shape index (κ1) is 18.1. The van der Waals surface area contributed by atoms with Gasteiger partial charge in [0.1, 0.15) is 0 Å². The quantitative estimate of drug-likeness (QED) is 0.585. The second kappa shape index (κ2) is 9.83. The molecule has 1 unspecified atom stereocenters. The third-order valence-electron chi connectivity index (χ3n) is 3.96. The minimum absolute atomic E-state index is 0.0753. The topological polar surface area (TPSA) is 44.3 Å². The molecule has 1 aromatic carbocycles. The van der Waals surface area contributed by atoms with Crippen molar-refractivity contribution in [2.45, 2.75) is 51.9 Å². The van der Waals surface area contributed by atoms with Crippen molar-refractivity contribution >= 4 is 11.3 Å². The lowest BCUT2D eigenvalue weighted by Crippen LogP contribution is -2.50. The highest BCUT2D eigenvalue weighted by molar-refractivity contribution is 7.10. The molecule has 0 radical (unpaired) electrons. The summed E-state index contributed by atoms with van der Waals surface area (Å²) < 4.78 is 0. The molecule has 0 aliphatic rings. The average Bonchev–Trinajstić information content (AvgIpc) is 3.05. The Kier molecular flexibility index (Phi) is 7.76. The molecule has 0 bridgehead atoms. The Balaban J connectivity index is 1.83. The van der Waals surface area contributed by atoms with E-state index in [1.165, 1.54) is 16.0 Å². The molecule has 0 fully saturated rings. The third kappa shape index (κ3) is 6.07. The van der Waals surface area contributed by atoms with Crippen LogP contribution < -0.4 is 10.6 Å². The van der Waals surface area contributed by atoms with E-state index in [-0.39, 0.29) is 6.17 Å². The predicted molar refractivity (Wildman–Crippen MR) is 98.8 cm³/mol. The Morgan fingerprint density at radius 1 is 1.09 bits per heavy atom. The van der Waals surface area contributed by atoms with Gasteiger partial charge in [-0.05, 0) is 48.4 Å². The number of thiophene rings is 1. The monoisotopic (exact) mass is 332 g/mol. The van der Waals surface area contributed by atoms with Gasteiger partial charge in [-0.25, -0.2) is 0 Å². The number of aliphatic hydroxyl groups is 1. The van der Waals surface area contributed by atoms with E-state index in [1.54, 1.807) is 0 Å². The second-order valence-corrected chi connectivity index (χ2v) is 6.78. The Morgan fingerprint density at radius 2 is 1.87 bits per heavy atom. The van der Waals surface area contributed by atoms with E-state index < -0.39 is 6.10 Å². The van der Waals surface area contributed by atoms with Crippen molar-refractivity contribution in [1.29, 1.82) is 0 Å². The standard InChI is InChI=1S/C19H28N2OS/c1-3-17-12-16(14-23-17)13-21-19(20-4-2)18(22)11-10-15-8-6-5-7-9-15/h5-9,12,14,18-22H,3-4,10-11,13H2,1-2H3/t18-,19?/m1/s1. The zero-order valence-electron chi connectivity index (χ0n) is 14.1. The Labute approximate surface area is 143 Å². The predicted octanol–water partition coefficient (Wildman–Crippen LogP) is 3.33. The largest absolute Gasteiger partial charge is 0.390 e. The molecule has 0 aliphatic heterocycles. The summed E-state index contributed by atoms with van der Waals surface area (Å²) in [5.41, 5.74) is 2.57. The molecule has 2 rings (SSSR count). The number of aliphatic hydroxyl groups excluding tert-OH is 1. The number of benzene rings is 1. The van der Waals surface area contributed by atoms with E-state index in [0.717, 1.165) is 32.4 Å². The fourth-order valence-electron chi connectivity index (χ4n) is 2.62. The van der Waals surface area contributed by atoms with Gasteiger partial charge in [-0.3, -0.25) is 5.32 Å². The van der Waals surface area contributed by atoms with Gasteiger partial charge in [-0.2, -0.15) is 0 Å². The Morgan fingerprint density at radius 3 is 2.52 bits per heavy atom. The molecule has 2 aromatic rings. The summed E-state index contributed by atoms with van der Waals surface area (Å²) in [6.45, 7) is 5.87. The maximum absolute atomic E-state index is 10.5. The van der Waals surface area contributed by atoms with Gasteiger partial charge in [0.2, 0.25) is 0 Å². The summed E-state index contributed by atoms with van der Waals surface area (Å²) in [4.78, 5) is 1.41. The first-order chi connectivity index (χ1) is 11.2. The van der Waals surface area contributed by atoms with Gasteiger partial charge in [-0.15, -0.1) is 11.3 Å². The number of nitrogens with one attached hydrogen (secondary N) is 2. The lowest BCUT2D eigenvalue weighted by atomic mass is 10.1.